The van der Waals surface area contributed by atoms with Gasteiger partial charge in [-0.05, 0) is 60.5 Å². The third-order valence-electron chi connectivity index (χ3n) is 6.62. The Kier molecular flexibility index (Phi) is 6.55. The number of fused-ring (bicyclic) bond motifs is 2. The molecule has 0 atom stereocenters. The molecule has 1 N–H and O–H groups in total. The van der Waals surface area contributed by atoms with Gasteiger partial charge in [0, 0.05) is 24.7 Å². The number of nitrogens with zero attached hydrogens (tertiary/aromatic N) is 1. The molecular weight excluding hydrogens is 476 g/mol. The minimum Gasteiger partial charge on any atom is -0.486 e. The van der Waals surface area contributed by atoms with E-state index in [1.165, 1.54) is 16.4 Å². The predicted molar refractivity (Wildman–Crippen MR) is 139 cm³/mol. The third kappa shape index (κ3) is 4.74. The van der Waals surface area contributed by atoms with Gasteiger partial charge >= 0.3 is 0 Å². The zero-order valence-electron chi connectivity index (χ0n) is 20.3. The van der Waals surface area contributed by atoms with Gasteiger partial charge in [-0.1, -0.05) is 42.5 Å². The van der Waals surface area contributed by atoms with Crippen molar-refractivity contribution in [1.82, 2.24) is 9.29 Å². The average Bonchev–Trinajstić information content (AvgIpc) is 2.89. The number of rotatable bonds is 7. The molecule has 1 aliphatic rings. The van der Waals surface area contributed by atoms with Crippen molar-refractivity contribution in [2.24, 2.45) is 0 Å². The maximum absolute atomic E-state index is 13.8. The van der Waals surface area contributed by atoms with E-state index in [0.717, 1.165) is 27.6 Å². The number of hydrogen-bond donors (Lipinski definition) is 1. The van der Waals surface area contributed by atoms with Gasteiger partial charge in [-0.15, -0.1) is 0 Å². The second-order valence-corrected chi connectivity index (χ2v) is 10.9. The van der Waals surface area contributed by atoms with Gasteiger partial charge in [0.05, 0.1) is 10.4 Å². The zero-order chi connectivity index (χ0) is 25.3. The summed E-state index contributed by atoms with van der Waals surface area (Å²) in [6.45, 7) is 4.90. The Morgan fingerprint density at radius 1 is 0.917 bits per heavy atom. The van der Waals surface area contributed by atoms with Crippen LogP contribution in [0.4, 0.5) is 0 Å². The van der Waals surface area contributed by atoms with E-state index in [1.54, 1.807) is 12.1 Å². The first-order valence-electron chi connectivity index (χ1n) is 11.9. The first-order chi connectivity index (χ1) is 17.3. The molecule has 0 saturated heterocycles. The Morgan fingerprint density at radius 2 is 1.67 bits per heavy atom. The van der Waals surface area contributed by atoms with Gasteiger partial charge in [-0.25, -0.2) is 8.42 Å². The Morgan fingerprint density at radius 3 is 2.44 bits per heavy atom. The predicted octanol–water partition coefficient (Wildman–Crippen LogP) is 4.35. The minimum absolute atomic E-state index is 0.0538. The number of aromatic nitrogens is 1. The van der Waals surface area contributed by atoms with Crippen LogP contribution in [-0.4, -0.2) is 37.5 Å². The standard InChI is InChI=1S/C28H28N2O5S/c1-19-8-9-22-16-23(28(31)29-27(22)20(19)2)18-30(13-12-21-6-4-3-5-7-21)36(32,33)24-10-11-25-26(17-24)35-15-14-34-25/h3-11,16-17H,12-15,18H2,1-2H3,(H,29,31). The Labute approximate surface area is 210 Å². The second-order valence-electron chi connectivity index (χ2n) is 8.98. The van der Waals surface area contributed by atoms with Gasteiger partial charge in [0.15, 0.2) is 11.5 Å². The molecule has 36 heavy (non-hydrogen) atoms. The molecule has 5 rings (SSSR count). The van der Waals surface area contributed by atoms with Gasteiger partial charge in [-0.3, -0.25) is 4.79 Å². The summed E-state index contributed by atoms with van der Waals surface area (Å²) >= 11 is 0. The summed E-state index contributed by atoms with van der Waals surface area (Å²) in [7, 11) is -3.94. The molecular formula is C28H28N2O5S. The molecule has 0 aliphatic carbocycles. The molecule has 3 aromatic carbocycles. The Hall–Kier alpha value is -3.62. The molecule has 0 spiro atoms. The number of pyridine rings is 1. The quantitative estimate of drug-likeness (QED) is 0.404. The first-order valence-corrected chi connectivity index (χ1v) is 13.3. The van der Waals surface area contributed by atoms with Gasteiger partial charge in [-0.2, -0.15) is 4.31 Å². The third-order valence-corrected chi connectivity index (χ3v) is 8.46. The van der Waals surface area contributed by atoms with Crippen molar-refractivity contribution in [2.45, 2.75) is 31.7 Å². The van der Waals surface area contributed by atoms with Gasteiger partial charge in [0.1, 0.15) is 13.2 Å². The van der Waals surface area contributed by atoms with Gasteiger partial charge < -0.3 is 14.5 Å². The molecule has 7 nitrogen and oxygen atoms in total. The van der Waals surface area contributed by atoms with Crippen molar-refractivity contribution in [3.05, 3.63) is 99.3 Å². The van der Waals surface area contributed by atoms with E-state index in [4.69, 9.17) is 9.47 Å². The maximum Gasteiger partial charge on any atom is 0.252 e. The number of nitrogens with one attached hydrogen (secondary N) is 1. The van der Waals surface area contributed by atoms with Crippen molar-refractivity contribution in [1.29, 1.82) is 0 Å². The molecule has 0 fully saturated rings. The lowest BCUT2D eigenvalue weighted by Crippen LogP contribution is -2.34. The van der Waals surface area contributed by atoms with Crippen LogP contribution in [0.25, 0.3) is 10.9 Å². The molecule has 0 radical (unpaired) electrons. The molecule has 0 bridgehead atoms. The number of hydrogen-bond acceptors (Lipinski definition) is 5. The first kappa shape index (κ1) is 24.1. The van der Waals surface area contributed by atoms with Crippen LogP contribution < -0.4 is 15.0 Å². The van der Waals surface area contributed by atoms with Crippen LogP contribution in [0.3, 0.4) is 0 Å². The number of H-pyrrole nitrogens is 1. The fourth-order valence-corrected chi connectivity index (χ4v) is 5.83. The van der Waals surface area contributed by atoms with E-state index in [-0.39, 0.29) is 23.5 Å². The SMILES string of the molecule is Cc1ccc2cc(CN(CCc3ccccc3)S(=O)(=O)c3ccc4c(c3)OCCO4)c(=O)[nH]c2c1C. The summed E-state index contributed by atoms with van der Waals surface area (Å²) in [5.41, 5.74) is 3.96. The summed E-state index contributed by atoms with van der Waals surface area (Å²) in [5, 5.41) is 0.868. The molecule has 2 heterocycles. The Balaban J connectivity index is 1.53. The van der Waals surface area contributed by atoms with Crippen LogP contribution in [0.1, 0.15) is 22.3 Å². The normalized spacial score (nSPS) is 13.3. The van der Waals surface area contributed by atoms with Crippen LogP contribution in [0.15, 0.2) is 76.4 Å². The fourth-order valence-electron chi connectivity index (χ4n) is 4.39. The average molecular weight is 505 g/mol. The highest BCUT2D eigenvalue weighted by molar-refractivity contribution is 7.89. The zero-order valence-corrected chi connectivity index (χ0v) is 21.1. The summed E-state index contributed by atoms with van der Waals surface area (Å²) < 4.78 is 40.2. The topological polar surface area (TPSA) is 88.7 Å². The van der Waals surface area contributed by atoms with Crippen LogP contribution in [0.5, 0.6) is 11.5 Å². The molecule has 8 heteroatoms. The highest BCUT2D eigenvalue weighted by atomic mass is 32.2. The van der Waals surface area contributed by atoms with Gasteiger partial charge in [0.2, 0.25) is 10.0 Å². The number of aromatic amines is 1. The highest BCUT2D eigenvalue weighted by Crippen LogP contribution is 2.33. The molecule has 0 amide bonds. The van der Waals surface area contributed by atoms with E-state index in [1.807, 2.05) is 56.3 Å². The van der Waals surface area contributed by atoms with Crippen molar-refractivity contribution in [2.75, 3.05) is 19.8 Å². The molecule has 0 unspecified atom stereocenters. The van der Waals surface area contributed by atoms with Crippen molar-refractivity contribution < 1.29 is 17.9 Å². The monoisotopic (exact) mass is 504 g/mol. The van der Waals surface area contributed by atoms with E-state index in [0.29, 0.717) is 36.7 Å². The lowest BCUT2D eigenvalue weighted by Gasteiger charge is -2.24. The summed E-state index contributed by atoms with van der Waals surface area (Å²) in [6, 6.07) is 20.1. The summed E-state index contributed by atoms with van der Waals surface area (Å²) in [4.78, 5) is 16.1. The number of benzene rings is 3. The molecule has 1 aromatic heterocycles. The smallest absolute Gasteiger partial charge is 0.252 e. The fraction of sp³-hybridized carbons (Fsp3) is 0.250. The number of ether oxygens (including phenoxy) is 2. The van der Waals surface area contributed by atoms with Crippen molar-refractivity contribution in [3.63, 3.8) is 0 Å². The van der Waals surface area contributed by atoms with E-state index in [2.05, 4.69) is 4.98 Å². The molecule has 0 saturated carbocycles. The lowest BCUT2D eigenvalue weighted by molar-refractivity contribution is 0.171. The second kappa shape index (κ2) is 9.79. The van der Waals surface area contributed by atoms with E-state index < -0.39 is 10.0 Å². The van der Waals surface area contributed by atoms with Crippen LogP contribution in [0, 0.1) is 13.8 Å². The van der Waals surface area contributed by atoms with Crippen molar-refractivity contribution >= 4 is 20.9 Å². The number of sulfonamides is 1. The van der Waals surface area contributed by atoms with E-state index >= 15 is 0 Å². The Bertz CT molecular complexity index is 1580. The van der Waals surface area contributed by atoms with Gasteiger partial charge in [0.25, 0.3) is 5.56 Å². The molecule has 1 aliphatic heterocycles. The highest BCUT2D eigenvalue weighted by Gasteiger charge is 2.27. The largest absolute Gasteiger partial charge is 0.486 e. The van der Waals surface area contributed by atoms with Crippen LogP contribution in [0.2, 0.25) is 0 Å². The maximum atomic E-state index is 13.8. The van der Waals surface area contributed by atoms with Crippen LogP contribution in [-0.2, 0) is 23.0 Å². The molecule has 186 valence electrons. The summed E-state index contributed by atoms with van der Waals surface area (Å²) in [5.74, 6) is 0.924. The molecule has 4 aromatic rings. The lowest BCUT2D eigenvalue weighted by atomic mass is 10.0. The number of aryl methyl sites for hydroxylation is 2. The van der Waals surface area contributed by atoms with Crippen LogP contribution >= 0.6 is 0 Å². The summed E-state index contributed by atoms with van der Waals surface area (Å²) in [6.07, 6.45) is 0.508. The van der Waals surface area contributed by atoms with E-state index in [9.17, 15) is 13.2 Å². The van der Waals surface area contributed by atoms with Crippen molar-refractivity contribution in [3.8, 4) is 11.5 Å². The minimum atomic E-state index is -3.94.